The number of nitrogens with two attached hydrogens (primary N) is 1. The highest BCUT2D eigenvalue weighted by Gasteiger charge is 2.16. The molecule has 0 aliphatic carbocycles. The highest BCUT2D eigenvalue weighted by Crippen LogP contribution is 1.94. The van der Waals surface area contributed by atoms with Crippen molar-refractivity contribution >= 4 is 11.9 Å². The van der Waals surface area contributed by atoms with E-state index in [1.165, 1.54) is 4.90 Å². The molecule has 1 aliphatic rings. The molecule has 5 heteroatoms. The van der Waals surface area contributed by atoms with Crippen LogP contribution < -0.4 is 11.1 Å². The van der Waals surface area contributed by atoms with Crippen LogP contribution in [0.15, 0.2) is 0 Å². The predicted molar refractivity (Wildman–Crippen MR) is 38.8 cm³/mol. The molecule has 1 saturated heterocycles. The smallest absolute Gasteiger partial charge is 0.315 e. The van der Waals surface area contributed by atoms with E-state index in [0.29, 0.717) is 13.1 Å². The van der Waals surface area contributed by atoms with Gasteiger partial charge >= 0.3 is 6.03 Å². The Labute approximate surface area is 64.5 Å². The molecule has 0 unspecified atom stereocenters. The molecule has 0 aromatic rings. The third-order valence-electron chi connectivity index (χ3n) is 1.57. The lowest BCUT2D eigenvalue weighted by atomic mass is 10.4. The fourth-order valence-electron chi connectivity index (χ4n) is 0.994. The molecule has 3 N–H and O–H groups in total. The fraction of sp³-hybridized carbons (Fsp3) is 0.667. The van der Waals surface area contributed by atoms with Crippen LogP contribution in [0.1, 0.15) is 6.42 Å². The van der Waals surface area contributed by atoms with E-state index >= 15 is 0 Å². The minimum Gasteiger partial charge on any atom is -0.354 e. The molecule has 1 fully saturated rings. The van der Waals surface area contributed by atoms with Crippen molar-refractivity contribution < 1.29 is 9.59 Å². The number of carbonyl (C=O) groups excluding carboxylic acids is 2. The molecule has 0 aromatic heterocycles. The number of hydrogen-bond donors (Lipinski definition) is 2. The Morgan fingerprint density at radius 2 is 2.36 bits per heavy atom. The van der Waals surface area contributed by atoms with Gasteiger partial charge in [0.2, 0.25) is 5.91 Å². The van der Waals surface area contributed by atoms with Gasteiger partial charge in [0, 0.05) is 13.1 Å². The Balaban J connectivity index is 2.52. The van der Waals surface area contributed by atoms with Crippen molar-refractivity contribution in [2.24, 2.45) is 5.73 Å². The van der Waals surface area contributed by atoms with E-state index in [1.54, 1.807) is 0 Å². The molecule has 3 amide bonds. The van der Waals surface area contributed by atoms with Gasteiger partial charge in [-0.3, -0.25) is 4.79 Å². The summed E-state index contributed by atoms with van der Waals surface area (Å²) in [6, 6.07) is -0.526. The highest BCUT2D eigenvalue weighted by molar-refractivity contribution is 5.83. The second-order valence-electron chi connectivity index (χ2n) is 2.46. The minimum absolute atomic E-state index is 0.0926. The van der Waals surface area contributed by atoms with Gasteiger partial charge in [0.25, 0.3) is 0 Å². The maximum atomic E-state index is 10.8. The summed E-state index contributed by atoms with van der Waals surface area (Å²) < 4.78 is 0. The summed E-state index contributed by atoms with van der Waals surface area (Å²) in [5.41, 5.74) is 5.01. The molecule has 1 aliphatic heterocycles. The molecule has 0 spiro atoms. The van der Waals surface area contributed by atoms with E-state index in [4.69, 9.17) is 5.73 Å². The first-order valence-electron chi connectivity index (χ1n) is 3.51. The van der Waals surface area contributed by atoms with Crippen LogP contribution >= 0.6 is 0 Å². The fourth-order valence-corrected chi connectivity index (χ4v) is 0.994. The zero-order valence-electron chi connectivity index (χ0n) is 6.17. The summed E-state index contributed by atoms with van der Waals surface area (Å²) in [5, 5.41) is 2.64. The maximum absolute atomic E-state index is 10.8. The molecular formula is C6H11N3O2. The quantitative estimate of drug-likeness (QED) is 0.467. The van der Waals surface area contributed by atoms with Crippen LogP contribution in [0.3, 0.4) is 0 Å². The monoisotopic (exact) mass is 157 g/mol. The number of rotatable bonds is 0. The number of nitrogens with zero attached hydrogens (tertiary/aromatic N) is 1. The Morgan fingerprint density at radius 3 is 3.00 bits per heavy atom. The third kappa shape index (κ3) is 2.10. The van der Waals surface area contributed by atoms with Crippen LogP contribution in [0.2, 0.25) is 0 Å². The summed E-state index contributed by atoms with van der Waals surface area (Å²) in [7, 11) is 0. The molecular weight excluding hydrogens is 146 g/mol. The van der Waals surface area contributed by atoms with E-state index in [9.17, 15) is 9.59 Å². The Hall–Kier alpha value is -1.26. The van der Waals surface area contributed by atoms with Crippen molar-refractivity contribution in [2.75, 3.05) is 19.6 Å². The molecule has 5 nitrogen and oxygen atoms in total. The number of urea groups is 1. The lowest BCUT2D eigenvalue weighted by Crippen LogP contribution is -2.40. The number of primary amides is 1. The van der Waals surface area contributed by atoms with Gasteiger partial charge in [0.15, 0.2) is 0 Å². The Bertz CT molecular complexity index is 181. The molecule has 0 saturated carbocycles. The van der Waals surface area contributed by atoms with Gasteiger partial charge < -0.3 is 16.0 Å². The second kappa shape index (κ2) is 3.23. The molecule has 62 valence electrons. The average Bonchev–Trinajstić information content (AvgIpc) is 2.13. The molecule has 0 bridgehead atoms. The van der Waals surface area contributed by atoms with Crippen molar-refractivity contribution in [1.29, 1.82) is 0 Å². The first-order chi connectivity index (χ1) is 5.20. The Morgan fingerprint density at radius 1 is 1.64 bits per heavy atom. The molecule has 11 heavy (non-hydrogen) atoms. The largest absolute Gasteiger partial charge is 0.354 e. The van der Waals surface area contributed by atoms with Crippen LogP contribution in [-0.2, 0) is 4.79 Å². The van der Waals surface area contributed by atoms with Crippen molar-refractivity contribution in [3.8, 4) is 0 Å². The van der Waals surface area contributed by atoms with Gasteiger partial charge in [-0.1, -0.05) is 0 Å². The topological polar surface area (TPSA) is 75.4 Å². The molecule has 0 aromatic carbocycles. The number of hydrogen-bond acceptors (Lipinski definition) is 2. The van der Waals surface area contributed by atoms with Crippen LogP contribution in [-0.4, -0.2) is 36.5 Å². The van der Waals surface area contributed by atoms with Gasteiger partial charge in [-0.05, 0) is 6.42 Å². The molecule has 0 radical (unpaired) electrons. The van der Waals surface area contributed by atoms with Crippen molar-refractivity contribution in [1.82, 2.24) is 10.2 Å². The van der Waals surface area contributed by atoms with Gasteiger partial charge in [-0.2, -0.15) is 0 Å². The second-order valence-corrected chi connectivity index (χ2v) is 2.46. The standard InChI is InChI=1S/C6H11N3O2/c7-6(11)9-3-1-2-8-5(10)4-9/h1-4H2,(H2,7,11)(H,8,10). The van der Waals surface area contributed by atoms with Gasteiger partial charge in [0.05, 0.1) is 0 Å². The maximum Gasteiger partial charge on any atom is 0.315 e. The average molecular weight is 157 g/mol. The van der Waals surface area contributed by atoms with Crippen molar-refractivity contribution in [2.45, 2.75) is 6.42 Å². The van der Waals surface area contributed by atoms with E-state index < -0.39 is 6.03 Å². The summed E-state index contributed by atoms with van der Waals surface area (Å²) in [6.07, 6.45) is 0.772. The van der Waals surface area contributed by atoms with Crippen molar-refractivity contribution in [3.63, 3.8) is 0 Å². The van der Waals surface area contributed by atoms with Gasteiger partial charge in [-0.15, -0.1) is 0 Å². The lowest BCUT2D eigenvalue weighted by molar-refractivity contribution is -0.121. The van der Waals surface area contributed by atoms with Crippen LogP contribution in [0.5, 0.6) is 0 Å². The lowest BCUT2D eigenvalue weighted by Gasteiger charge is -2.14. The van der Waals surface area contributed by atoms with Crippen LogP contribution in [0.25, 0.3) is 0 Å². The summed E-state index contributed by atoms with van der Waals surface area (Å²) >= 11 is 0. The molecule has 1 heterocycles. The van der Waals surface area contributed by atoms with Crippen molar-refractivity contribution in [3.05, 3.63) is 0 Å². The normalized spacial score (nSPS) is 18.9. The predicted octanol–water partition coefficient (Wildman–Crippen LogP) is -1.11. The van der Waals surface area contributed by atoms with Crippen LogP contribution in [0, 0.1) is 0 Å². The number of nitrogens with one attached hydrogen (secondary N) is 1. The number of carbonyl (C=O) groups is 2. The first kappa shape index (κ1) is 7.84. The summed E-state index contributed by atoms with van der Waals surface area (Å²) in [6.45, 7) is 1.28. The van der Waals surface area contributed by atoms with Gasteiger partial charge in [-0.25, -0.2) is 4.79 Å². The van der Waals surface area contributed by atoms with E-state index in [0.717, 1.165) is 6.42 Å². The third-order valence-corrected chi connectivity index (χ3v) is 1.57. The molecule has 1 rings (SSSR count). The summed E-state index contributed by atoms with van der Waals surface area (Å²) in [5.74, 6) is -0.138. The zero-order chi connectivity index (χ0) is 8.27. The van der Waals surface area contributed by atoms with Crippen LogP contribution in [0.4, 0.5) is 4.79 Å². The van der Waals surface area contributed by atoms with E-state index in [1.807, 2.05) is 0 Å². The van der Waals surface area contributed by atoms with E-state index in [-0.39, 0.29) is 12.5 Å². The summed E-state index contributed by atoms with van der Waals surface area (Å²) in [4.78, 5) is 22.8. The van der Waals surface area contributed by atoms with E-state index in [2.05, 4.69) is 5.32 Å². The van der Waals surface area contributed by atoms with Gasteiger partial charge in [0.1, 0.15) is 6.54 Å². The molecule has 0 atom stereocenters. The highest BCUT2D eigenvalue weighted by atomic mass is 16.2. The SMILES string of the molecule is NC(=O)N1CCCNC(=O)C1. The minimum atomic E-state index is -0.526. The Kier molecular flexibility index (Phi) is 2.30. The zero-order valence-corrected chi connectivity index (χ0v) is 6.17. The number of amides is 3. The first-order valence-corrected chi connectivity index (χ1v) is 3.51.